The molecule has 0 unspecified atom stereocenters. The van der Waals surface area contributed by atoms with E-state index in [1.165, 1.54) is 7.11 Å². The Morgan fingerprint density at radius 2 is 1.41 bits per heavy atom. The Bertz CT molecular complexity index is 1400. The van der Waals surface area contributed by atoms with E-state index in [2.05, 4.69) is 6.92 Å². The molecule has 0 aliphatic carbocycles. The lowest BCUT2D eigenvalue weighted by Gasteiger charge is -2.12. The molecule has 0 amide bonds. The van der Waals surface area contributed by atoms with Gasteiger partial charge < -0.3 is 28.1 Å². The summed E-state index contributed by atoms with van der Waals surface area (Å²) in [6.45, 7) is 2.37. The van der Waals surface area contributed by atoms with Crippen LogP contribution in [0.2, 0.25) is 0 Å². The van der Waals surface area contributed by atoms with Gasteiger partial charge in [0.05, 0.1) is 53.5 Å². The van der Waals surface area contributed by atoms with Crippen molar-refractivity contribution >= 4 is 5.97 Å². The SMILES string of the molecule is CCc1c(-c2ccc(OC)c(OC)c2)nn(Cc2ccc(C(=O)OC)o2)c1-c1ccc(OC)c(OC)c1. The molecule has 0 aliphatic rings. The van der Waals surface area contributed by atoms with Gasteiger partial charge >= 0.3 is 5.97 Å². The topological polar surface area (TPSA) is 94.2 Å². The minimum Gasteiger partial charge on any atom is -0.493 e. The number of carbonyl (C=O) groups excluding carboxylic acids is 1. The van der Waals surface area contributed by atoms with Crippen LogP contribution in [0.4, 0.5) is 0 Å². The summed E-state index contributed by atoms with van der Waals surface area (Å²) in [6.07, 6.45) is 0.707. The molecule has 0 fully saturated rings. The predicted octanol–water partition coefficient (Wildman–Crippen LogP) is 5.24. The Balaban J connectivity index is 1.90. The smallest absolute Gasteiger partial charge is 0.373 e. The van der Waals surface area contributed by atoms with Gasteiger partial charge in [-0.05, 0) is 55.0 Å². The van der Waals surface area contributed by atoms with E-state index in [4.69, 9.17) is 33.2 Å². The lowest BCUT2D eigenvalue weighted by atomic mass is 9.99. The fourth-order valence-electron chi connectivity index (χ4n) is 4.29. The third-order valence-corrected chi connectivity index (χ3v) is 6.07. The number of ether oxygens (including phenoxy) is 5. The van der Waals surface area contributed by atoms with Crippen molar-refractivity contribution in [3.63, 3.8) is 0 Å². The number of hydrogen-bond donors (Lipinski definition) is 0. The van der Waals surface area contributed by atoms with Crippen LogP contribution in [0.5, 0.6) is 23.0 Å². The Morgan fingerprint density at radius 3 is 1.97 bits per heavy atom. The molecule has 0 saturated carbocycles. The van der Waals surface area contributed by atoms with Crippen molar-refractivity contribution in [2.75, 3.05) is 35.5 Å². The second-order valence-electron chi connectivity index (χ2n) is 8.08. The van der Waals surface area contributed by atoms with Crippen molar-refractivity contribution in [2.24, 2.45) is 0 Å². The largest absolute Gasteiger partial charge is 0.493 e. The first-order valence-corrected chi connectivity index (χ1v) is 11.7. The van der Waals surface area contributed by atoms with Crippen molar-refractivity contribution in [3.8, 4) is 45.5 Å². The molecule has 0 spiro atoms. The molecule has 9 nitrogen and oxygen atoms in total. The average molecular weight is 507 g/mol. The van der Waals surface area contributed by atoms with Crippen LogP contribution in [-0.2, 0) is 17.7 Å². The first kappa shape index (κ1) is 25.7. The molecule has 37 heavy (non-hydrogen) atoms. The summed E-state index contributed by atoms with van der Waals surface area (Å²) in [5, 5.41) is 5.00. The molecule has 4 aromatic rings. The number of methoxy groups -OCH3 is 5. The summed E-state index contributed by atoms with van der Waals surface area (Å²) < 4.78 is 34.3. The maximum absolute atomic E-state index is 11.9. The molecule has 0 aliphatic heterocycles. The van der Waals surface area contributed by atoms with Crippen LogP contribution in [0.3, 0.4) is 0 Å². The quantitative estimate of drug-likeness (QED) is 0.270. The van der Waals surface area contributed by atoms with Gasteiger partial charge in [-0.15, -0.1) is 0 Å². The number of aromatic nitrogens is 2. The first-order valence-electron chi connectivity index (χ1n) is 11.7. The van der Waals surface area contributed by atoms with Crippen LogP contribution in [0.15, 0.2) is 52.9 Å². The molecular weight excluding hydrogens is 476 g/mol. The molecule has 4 rings (SSSR count). The van der Waals surface area contributed by atoms with Gasteiger partial charge in [-0.2, -0.15) is 5.10 Å². The summed E-state index contributed by atoms with van der Waals surface area (Å²) in [7, 11) is 7.73. The van der Waals surface area contributed by atoms with Gasteiger partial charge in [0, 0.05) is 16.7 Å². The van der Waals surface area contributed by atoms with Crippen LogP contribution < -0.4 is 18.9 Å². The molecule has 2 heterocycles. The van der Waals surface area contributed by atoms with Gasteiger partial charge in [-0.1, -0.05) is 6.92 Å². The zero-order chi connectivity index (χ0) is 26.5. The molecule has 0 N–H and O–H groups in total. The van der Waals surface area contributed by atoms with Gasteiger partial charge in [0.2, 0.25) is 5.76 Å². The van der Waals surface area contributed by atoms with Gasteiger partial charge in [-0.25, -0.2) is 4.79 Å². The molecule has 2 aromatic heterocycles. The number of esters is 1. The summed E-state index contributed by atoms with van der Waals surface area (Å²) in [5.41, 5.74) is 4.49. The van der Waals surface area contributed by atoms with Gasteiger partial charge in [0.1, 0.15) is 5.76 Å². The lowest BCUT2D eigenvalue weighted by molar-refractivity contribution is 0.0562. The fraction of sp³-hybridized carbons (Fsp3) is 0.286. The van der Waals surface area contributed by atoms with Crippen molar-refractivity contribution in [1.29, 1.82) is 0 Å². The highest BCUT2D eigenvalue weighted by Crippen LogP contribution is 2.39. The second kappa shape index (κ2) is 11.1. The summed E-state index contributed by atoms with van der Waals surface area (Å²) >= 11 is 0. The van der Waals surface area contributed by atoms with Crippen LogP contribution >= 0.6 is 0 Å². The average Bonchev–Trinajstić information content (AvgIpc) is 3.56. The highest BCUT2D eigenvalue weighted by atomic mass is 16.5. The maximum Gasteiger partial charge on any atom is 0.373 e. The Morgan fingerprint density at radius 1 is 0.811 bits per heavy atom. The Labute approximate surface area is 215 Å². The van der Waals surface area contributed by atoms with E-state index < -0.39 is 5.97 Å². The van der Waals surface area contributed by atoms with E-state index in [1.54, 1.807) is 40.6 Å². The number of nitrogens with zero attached hydrogens (tertiary/aromatic N) is 2. The van der Waals surface area contributed by atoms with E-state index in [0.29, 0.717) is 41.7 Å². The first-order chi connectivity index (χ1) is 18.0. The van der Waals surface area contributed by atoms with E-state index in [9.17, 15) is 4.79 Å². The third-order valence-electron chi connectivity index (χ3n) is 6.07. The Hall–Kier alpha value is -4.40. The van der Waals surface area contributed by atoms with E-state index in [0.717, 1.165) is 28.1 Å². The normalized spacial score (nSPS) is 10.8. The molecule has 0 atom stereocenters. The van der Waals surface area contributed by atoms with Gasteiger partial charge in [0.15, 0.2) is 23.0 Å². The highest BCUT2D eigenvalue weighted by Gasteiger charge is 2.23. The fourth-order valence-corrected chi connectivity index (χ4v) is 4.29. The van der Waals surface area contributed by atoms with E-state index in [-0.39, 0.29) is 5.76 Å². The second-order valence-corrected chi connectivity index (χ2v) is 8.08. The summed E-state index contributed by atoms with van der Waals surface area (Å²) in [5.74, 6) is 2.64. The Kier molecular flexibility index (Phi) is 7.71. The molecule has 0 saturated heterocycles. The van der Waals surface area contributed by atoms with Crippen molar-refractivity contribution in [2.45, 2.75) is 19.9 Å². The van der Waals surface area contributed by atoms with E-state index >= 15 is 0 Å². The molecular formula is C28H30N2O7. The van der Waals surface area contributed by atoms with Crippen molar-refractivity contribution in [1.82, 2.24) is 9.78 Å². The minimum absolute atomic E-state index is 0.133. The number of hydrogen-bond acceptors (Lipinski definition) is 8. The van der Waals surface area contributed by atoms with Gasteiger partial charge in [0.25, 0.3) is 0 Å². The molecule has 0 radical (unpaired) electrons. The molecule has 194 valence electrons. The van der Waals surface area contributed by atoms with Crippen LogP contribution in [0.1, 0.15) is 28.8 Å². The minimum atomic E-state index is -0.535. The standard InChI is InChI=1S/C28H30N2O7/c1-7-20-26(17-8-11-21(32-2)24(14-17)34-4)29-30(16-19-10-13-23(37-19)28(31)36-6)27(20)18-9-12-22(33-3)25(15-18)35-5/h8-15H,7,16H2,1-6H3. The van der Waals surface area contributed by atoms with Crippen molar-refractivity contribution in [3.05, 3.63) is 65.6 Å². The number of benzene rings is 2. The van der Waals surface area contributed by atoms with Crippen molar-refractivity contribution < 1.29 is 32.9 Å². The third kappa shape index (κ3) is 4.97. The molecule has 9 heteroatoms. The van der Waals surface area contributed by atoms with Crippen LogP contribution in [0, 0.1) is 0 Å². The van der Waals surface area contributed by atoms with E-state index in [1.807, 2.05) is 41.1 Å². The molecule has 2 aromatic carbocycles. The maximum atomic E-state index is 11.9. The zero-order valence-corrected chi connectivity index (χ0v) is 21.8. The monoisotopic (exact) mass is 506 g/mol. The number of furan rings is 1. The zero-order valence-electron chi connectivity index (χ0n) is 21.8. The van der Waals surface area contributed by atoms with Gasteiger partial charge in [-0.3, -0.25) is 4.68 Å². The summed E-state index contributed by atoms with van der Waals surface area (Å²) in [4.78, 5) is 11.9. The van der Waals surface area contributed by atoms with Crippen LogP contribution in [0.25, 0.3) is 22.5 Å². The number of carbonyl (C=O) groups is 1. The predicted molar refractivity (Wildman–Crippen MR) is 138 cm³/mol. The van der Waals surface area contributed by atoms with Crippen LogP contribution in [-0.4, -0.2) is 51.3 Å². The number of rotatable bonds is 10. The lowest BCUT2D eigenvalue weighted by Crippen LogP contribution is -2.04. The highest BCUT2D eigenvalue weighted by molar-refractivity contribution is 5.86. The summed E-state index contributed by atoms with van der Waals surface area (Å²) in [6, 6.07) is 14.8. The molecule has 0 bridgehead atoms.